The number of anilines is 1. The van der Waals surface area contributed by atoms with Crippen molar-refractivity contribution < 1.29 is 9.90 Å². The SMILES string of the molecule is CC(C)(C)c1ccc(Sc2ccc(N)c(C(=O)O)c2)cc1. The first kappa shape index (κ1) is 15.4. The number of hydrogen-bond acceptors (Lipinski definition) is 3. The highest BCUT2D eigenvalue weighted by molar-refractivity contribution is 7.99. The fraction of sp³-hybridized carbons (Fsp3) is 0.235. The van der Waals surface area contributed by atoms with E-state index in [1.807, 2.05) is 6.07 Å². The van der Waals surface area contributed by atoms with Crippen LogP contribution in [0.2, 0.25) is 0 Å². The molecule has 21 heavy (non-hydrogen) atoms. The predicted molar refractivity (Wildman–Crippen MR) is 87.1 cm³/mol. The van der Waals surface area contributed by atoms with Crippen LogP contribution in [0.25, 0.3) is 0 Å². The normalized spacial score (nSPS) is 11.4. The number of carbonyl (C=O) groups is 1. The molecule has 2 aromatic rings. The van der Waals surface area contributed by atoms with Crippen molar-refractivity contribution in [2.75, 3.05) is 5.73 Å². The average molecular weight is 301 g/mol. The van der Waals surface area contributed by atoms with E-state index in [1.54, 1.807) is 12.1 Å². The number of nitrogen functional groups attached to an aromatic ring is 1. The fourth-order valence-electron chi connectivity index (χ4n) is 1.94. The van der Waals surface area contributed by atoms with E-state index in [0.717, 1.165) is 9.79 Å². The zero-order chi connectivity index (χ0) is 15.6. The number of aromatic carboxylic acids is 1. The molecule has 0 unspecified atom stereocenters. The summed E-state index contributed by atoms with van der Waals surface area (Å²) in [5.74, 6) is -1.00. The summed E-state index contributed by atoms with van der Waals surface area (Å²) in [6.45, 7) is 6.52. The second-order valence-electron chi connectivity index (χ2n) is 5.93. The highest BCUT2D eigenvalue weighted by Gasteiger charge is 2.13. The molecule has 0 radical (unpaired) electrons. The van der Waals surface area contributed by atoms with Gasteiger partial charge in [-0.1, -0.05) is 44.7 Å². The summed E-state index contributed by atoms with van der Waals surface area (Å²) in [6, 6.07) is 13.4. The van der Waals surface area contributed by atoms with Crippen LogP contribution in [-0.2, 0) is 5.41 Å². The van der Waals surface area contributed by atoms with E-state index in [9.17, 15) is 4.79 Å². The van der Waals surface area contributed by atoms with Crippen LogP contribution in [0.15, 0.2) is 52.3 Å². The molecule has 3 N–H and O–H groups in total. The fourth-order valence-corrected chi connectivity index (χ4v) is 2.80. The first-order chi connectivity index (χ1) is 9.77. The van der Waals surface area contributed by atoms with Crippen LogP contribution in [0.3, 0.4) is 0 Å². The van der Waals surface area contributed by atoms with Gasteiger partial charge < -0.3 is 10.8 Å². The Hall–Kier alpha value is -1.94. The predicted octanol–water partition coefficient (Wildman–Crippen LogP) is 4.42. The van der Waals surface area contributed by atoms with Crippen molar-refractivity contribution in [1.29, 1.82) is 0 Å². The van der Waals surface area contributed by atoms with Gasteiger partial charge >= 0.3 is 5.97 Å². The topological polar surface area (TPSA) is 63.3 Å². The van der Waals surface area contributed by atoms with Crippen LogP contribution >= 0.6 is 11.8 Å². The molecule has 0 bridgehead atoms. The molecule has 3 nitrogen and oxygen atoms in total. The van der Waals surface area contributed by atoms with Gasteiger partial charge in [0.15, 0.2) is 0 Å². The molecule has 0 saturated heterocycles. The Morgan fingerprint density at radius 2 is 1.62 bits per heavy atom. The molecule has 4 heteroatoms. The standard InChI is InChI=1S/C17H19NO2S/c1-17(2,3)11-4-6-12(7-5-11)21-13-8-9-15(18)14(10-13)16(19)20/h4-10H,18H2,1-3H3,(H,19,20). The van der Waals surface area contributed by atoms with Crippen LogP contribution in [0, 0.1) is 0 Å². The molecule has 0 saturated carbocycles. The minimum atomic E-state index is -1.00. The van der Waals surface area contributed by atoms with Crippen LogP contribution in [0.1, 0.15) is 36.7 Å². The largest absolute Gasteiger partial charge is 0.478 e. The van der Waals surface area contributed by atoms with Crippen molar-refractivity contribution in [3.63, 3.8) is 0 Å². The van der Waals surface area contributed by atoms with Gasteiger partial charge in [0.25, 0.3) is 0 Å². The highest BCUT2D eigenvalue weighted by Crippen LogP contribution is 2.31. The van der Waals surface area contributed by atoms with Crippen molar-refractivity contribution in [2.24, 2.45) is 0 Å². The Balaban J connectivity index is 2.22. The Morgan fingerprint density at radius 1 is 1.05 bits per heavy atom. The van der Waals surface area contributed by atoms with E-state index in [1.165, 1.54) is 17.3 Å². The third-order valence-corrected chi connectivity index (χ3v) is 4.21. The number of carboxylic acid groups (broad SMARTS) is 1. The maximum Gasteiger partial charge on any atom is 0.337 e. The van der Waals surface area contributed by atoms with Crippen molar-refractivity contribution >= 4 is 23.4 Å². The maximum absolute atomic E-state index is 11.1. The van der Waals surface area contributed by atoms with Crippen LogP contribution in [-0.4, -0.2) is 11.1 Å². The molecule has 110 valence electrons. The zero-order valence-electron chi connectivity index (χ0n) is 12.4. The minimum absolute atomic E-state index is 0.126. The first-order valence-electron chi connectivity index (χ1n) is 6.68. The van der Waals surface area contributed by atoms with Crippen molar-refractivity contribution in [3.8, 4) is 0 Å². The summed E-state index contributed by atoms with van der Waals surface area (Å²) in [6.07, 6.45) is 0. The van der Waals surface area contributed by atoms with Gasteiger partial charge in [-0.25, -0.2) is 4.79 Å². The monoisotopic (exact) mass is 301 g/mol. The third-order valence-electron chi connectivity index (χ3n) is 3.21. The van der Waals surface area contributed by atoms with E-state index in [0.29, 0.717) is 0 Å². The van der Waals surface area contributed by atoms with Crippen molar-refractivity contribution in [3.05, 3.63) is 53.6 Å². The number of hydrogen-bond donors (Lipinski definition) is 2. The maximum atomic E-state index is 11.1. The molecular formula is C17H19NO2S. The first-order valence-corrected chi connectivity index (χ1v) is 7.50. The molecule has 0 heterocycles. The average Bonchev–Trinajstić information content (AvgIpc) is 2.40. The van der Waals surface area contributed by atoms with Gasteiger partial charge in [0, 0.05) is 15.5 Å². The molecule has 0 amide bonds. The molecule has 0 spiro atoms. The van der Waals surface area contributed by atoms with E-state index in [2.05, 4.69) is 45.0 Å². The van der Waals surface area contributed by atoms with Gasteiger partial charge in [0.1, 0.15) is 0 Å². The lowest BCUT2D eigenvalue weighted by Gasteiger charge is -2.19. The molecule has 2 aromatic carbocycles. The van der Waals surface area contributed by atoms with Gasteiger partial charge in [0.05, 0.1) is 5.56 Å². The second kappa shape index (κ2) is 5.82. The number of rotatable bonds is 3. The smallest absolute Gasteiger partial charge is 0.337 e. The van der Waals surface area contributed by atoms with E-state index >= 15 is 0 Å². The molecular weight excluding hydrogens is 282 g/mol. The Kier molecular flexibility index (Phi) is 4.28. The summed E-state index contributed by atoms with van der Waals surface area (Å²) in [4.78, 5) is 13.0. The number of benzene rings is 2. The van der Waals surface area contributed by atoms with Crippen LogP contribution in [0.4, 0.5) is 5.69 Å². The lowest BCUT2D eigenvalue weighted by Crippen LogP contribution is -2.10. The van der Waals surface area contributed by atoms with Gasteiger partial charge in [-0.3, -0.25) is 0 Å². The van der Waals surface area contributed by atoms with E-state index < -0.39 is 5.97 Å². The van der Waals surface area contributed by atoms with Crippen molar-refractivity contribution in [1.82, 2.24) is 0 Å². The summed E-state index contributed by atoms with van der Waals surface area (Å²) < 4.78 is 0. The molecule has 0 aliphatic rings. The molecule has 0 fully saturated rings. The minimum Gasteiger partial charge on any atom is -0.478 e. The Morgan fingerprint density at radius 3 is 2.14 bits per heavy atom. The third kappa shape index (κ3) is 3.79. The van der Waals surface area contributed by atoms with Crippen molar-refractivity contribution in [2.45, 2.75) is 36.0 Å². The van der Waals surface area contributed by atoms with Gasteiger partial charge in [0.2, 0.25) is 0 Å². The van der Waals surface area contributed by atoms with Crippen LogP contribution < -0.4 is 5.73 Å². The number of carboxylic acids is 1. The Labute approximate surface area is 129 Å². The molecule has 0 aromatic heterocycles. The summed E-state index contributed by atoms with van der Waals surface area (Å²) >= 11 is 1.53. The summed E-state index contributed by atoms with van der Waals surface area (Å²) in [7, 11) is 0. The molecule has 2 rings (SSSR count). The van der Waals surface area contributed by atoms with E-state index in [4.69, 9.17) is 10.8 Å². The molecule has 0 aliphatic heterocycles. The zero-order valence-corrected chi connectivity index (χ0v) is 13.2. The summed E-state index contributed by atoms with van der Waals surface area (Å²) in [5.41, 5.74) is 7.49. The van der Waals surface area contributed by atoms with Gasteiger partial charge in [-0.15, -0.1) is 0 Å². The highest BCUT2D eigenvalue weighted by atomic mass is 32.2. The Bertz CT molecular complexity index is 657. The van der Waals surface area contributed by atoms with Gasteiger partial charge in [-0.05, 0) is 41.3 Å². The lowest BCUT2D eigenvalue weighted by molar-refractivity contribution is 0.0698. The molecule has 0 atom stereocenters. The second-order valence-corrected chi connectivity index (χ2v) is 7.08. The lowest BCUT2D eigenvalue weighted by atomic mass is 9.87. The number of nitrogens with two attached hydrogens (primary N) is 1. The van der Waals surface area contributed by atoms with E-state index in [-0.39, 0.29) is 16.7 Å². The van der Waals surface area contributed by atoms with Gasteiger partial charge in [-0.2, -0.15) is 0 Å². The van der Waals surface area contributed by atoms with Crippen LogP contribution in [0.5, 0.6) is 0 Å². The molecule has 0 aliphatic carbocycles. The summed E-state index contributed by atoms with van der Waals surface area (Å²) in [5, 5.41) is 9.09. The quantitative estimate of drug-likeness (QED) is 0.824.